The molecule has 0 aliphatic rings. The molecule has 6 heteroatoms. The molecule has 0 bridgehead atoms. The minimum Gasteiger partial charge on any atom is -0.376 e. The normalized spacial score (nSPS) is 10.2. The van der Waals surface area contributed by atoms with E-state index in [0.29, 0.717) is 5.02 Å². The van der Waals surface area contributed by atoms with Crippen LogP contribution in [-0.2, 0) is 0 Å². The van der Waals surface area contributed by atoms with E-state index in [1.165, 1.54) is 0 Å². The number of nitrogens with two attached hydrogens (primary N) is 1. The van der Waals surface area contributed by atoms with Crippen LogP contribution in [0, 0.1) is 6.92 Å². The number of anilines is 1. The summed E-state index contributed by atoms with van der Waals surface area (Å²) >= 11 is 10.9. The molecule has 0 saturated heterocycles. The van der Waals surface area contributed by atoms with Crippen LogP contribution in [0.2, 0.25) is 5.02 Å². The zero-order chi connectivity index (χ0) is 12.4. The van der Waals surface area contributed by atoms with Crippen molar-refractivity contribution in [2.45, 2.75) is 6.92 Å². The number of nitrogens with one attached hydrogen (secondary N) is 1. The molecule has 1 aromatic heterocycles. The quantitative estimate of drug-likeness (QED) is 0.820. The van der Waals surface area contributed by atoms with Crippen LogP contribution in [-0.4, -0.2) is 14.9 Å². The van der Waals surface area contributed by atoms with Crippen molar-refractivity contribution in [1.29, 1.82) is 0 Å². The fourth-order valence-electron chi connectivity index (χ4n) is 1.46. The van der Waals surface area contributed by atoms with Gasteiger partial charge >= 0.3 is 0 Å². The van der Waals surface area contributed by atoms with Crippen LogP contribution in [0.25, 0.3) is 5.69 Å². The van der Waals surface area contributed by atoms with E-state index >= 15 is 0 Å². The monoisotopic (exact) mass is 266 g/mol. The third-order valence-electron chi connectivity index (χ3n) is 2.17. The smallest absolute Gasteiger partial charge is 0.168 e. The van der Waals surface area contributed by atoms with Gasteiger partial charge in [-0.15, -0.1) is 0 Å². The van der Waals surface area contributed by atoms with Gasteiger partial charge in [-0.1, -0.05) is 11.6 Å². The number of hydrogen-bond donors (Lipinski definition) is 2. The Bertz CT molecular complexity index is 564. The molecule has 0 saturated carbocycles. The number of halogens is 1. The summed E-state index contributed by atoms with van der Waals surface area (Å²) in [6.07, 6.45) is 3.68. The predicted molar refractivity (Wildman–Crippen MR) is 73.7 cm³/mol. The summed E-state index contributed by atoms with van der Waals surface area (Å²) < 4.78 is 1.72. The van der Waals surface area contributed by atoms with Crippen LogP contribution >= 0.6 is 23.8 Å². The molecule has 4 nitrogen and oxygen atoms in total. The average molecular weight is 267 g/mol. The van der Waals surface area contributed by atoms with E-state index in [2.05, 4.69) is 10.4 Å². The fraction of sp³-hybridized carbons (Fsp3) is 0.0909. The Morgan fingerprint density at radius 1 is 1.53 bits per heavy atom. The van der Waals surface area contributed by atoms with E-state index in [0.717, 1.165) is 16.9 Å². The highest BCUT2D eigenvalue weighted by molar-refractivity contribution is 7.80. The summed E-state index contributed by atoms with van der Waals surface area (Å²) in [7, 11) is 0. The molecule has 0 atom stereocenters. The predicted octanol–water partition coefficient (Wildman–Crippen LogP) is 2.49. The van der Waals surface area contributed by atoms with Crippen LogP contribution in [0.15, 0.2) is 30.6 Å². The van der Waals surface area contributed by atoms with Crippen molar-refractivity contribution in [3.8, 4) is 5.69 Å². The average Bonchev–Trinajstić information content (AvgIpc) is 2.64. The lowest BCUT2D eigenvalue weighted by Gasteiger charge is -2.08. The van der Waals surface area contributed by atoms with Crippen molar-refractivity contribution in [3.05, 3.63) is 41.2 Å². The molecule has 0 aliphatic heterocycles. The largest absolute Gasteiger partial charge is 0.376 e. The molecule has 2 aromatic rings. The molecule has 1 heterocycles. The molecule has 17 heavy (non-hydrogen) atoms. The zero-order valence-corrected chi connectivity index (χ0v) is 10.7. The summed E-state index contributed by atoms with van der Waals surface area (Å²) in [5, 5.41) is 7.81. The van der Waals surface area contributed by atoms with E-state index in [-0.39, 0.29) is 5.11 Å². The van der Waals surface area contributed by atoms with Crippen molar-refractivity contribution in [1.82, 2.24) is 9.78 Å². The number of rotatable bonds is 2. The lowest BCUT2D eigenvalue weighted by Crippen LogP contribution is -2.18. The first kappa shape index (κ1) is 11.9. The van der Waals surface area contributed by atoms with Gasteiger partial charge in [0, 0.05) is 11.9 Å². The second-order valence-electron chi connectivity index (χ2n) is 3.62. The van der Waals surface area contributed by atoms with Crippen molar-refractivity contribution in [3.63, 3.8) is 0 Å². The number of aromatic nitrogens is 2. The van der Waals surface area contributed by atoms with E-state index in [1.807, 2.05) is 25.3 Å². The molecule has 0 aliphatic carbocycles. The maximum absolute atomic E-state index is 6.17. The van der Waals surface area contributed by atoms with Crippen molar-refractivity contribution in [2.75, 3.05) is 5.32 Å². The number of nitrogens with zero attached hydrogens (tertiary/aromatic N) is 2. The molecule has 88 valence electrons. The van der Waals surface area contributed by atoms with Gasteiger partial charge in [-0.25, -0.2) is 4.68 Å². The number of aryl methyl sites for hydroxylation is 1. The van der Waals surface area contributed by atoms with Gasteiger partial charge in [0.2, 0.25) is 0 Å². The second kappa shape index (κ2) is 4.73. The van der Waals surface area contributed by atoms with Crippen molar-refractivity contribution < 1.29 is 0 Å². The van der Waals surface area contributed by atoms with Gasteiger partial charge in [-0.2, -0.15) is 5.10 Å². The Morgan fingerprint density at radius 3 is 2.82 bits per heavy atom. The molecule has 2 rings (SSSR count). The first-order valence-electron chi connectivity index (χ1n) is 4.94. The molecular weight excluding hydrogens is 256 g/mol. The van der Waals surface area contributed by atoms with Gasteiger partial charge in [0.05, 0.1) is 16.9 Å². The van der Waals surface area contributed by atoms with Crippen molar-refractivity contribution >= 4 is 34.6 Å². The van der Waals surface area contributed by atoms with Gasteiger partial charge < -0.3 is 11.1 Å². The zero-order valence-electron chi connectivity index (χ0n) is 9.14. The van der Waals surface area contributed by atoms with Gasteiger partial charge in [0.15, 0.2) is 5.11 Å². The van der Waals surface area contributed by atoms with E-state index in [9.17, 15) is 0 Å². The minimum atomic E-state index is 0.212. The van der Waals surface area contributed by atoms with Gasteiger partial charge in [-0.3, -0.25) is 0 Å². The van der Waals surface area contributed by atoms with Crippen molar-refractivity contribution in [2.24, 2.45) is 5.73 Å². The van der Waals surface area contributed by atoms with Gasteiger partial charge in [0.1, 0.15) is 0 Å². The fourth-order valence-corrected chi connectivity index (χ4v) is 1.84. The summed E-state index contributed by atoms with van der Waals surface area (Å²) in [6, 6.07) is 5.46. The third-order valence-corrected chi connectivity index (χ3v) is 2.58. The Morgan fingerprint density at radius 2 is 2.29 bits per heavy atom. The Balaban J connectivity index is 2.34. The first-order valence-corrected chi connectivity index (χ1v) is 5.72. The Hall–Kier alpha value is -1.59. The summed E-state index contributed by atoms with van der Waals surface area (Å²) in [5.41, 5.74) is 8.03. The van der Waals surface area contributed by atoms with Crippen LogP contribution in [0.3, 0.4) is 0 Å². The molecule has 3 N–H and O–H groups in total. The number of thiocarbonyl (C=S) groups is 1. The summed E-state index contributed by atoms with van der Waals surface area (Å²) in [6.45, 7) is 1.97. The molecule has 0 spiro atoms. The summed E-state index contributed by atoms with van der Waals surface area (Å²) in [4.78, 5) is 0. The molecule has 0 amide bonds. The lowest BCUT2D eigenvalue weighted by atomic mass is 10.3. The third kappa shape index (κ3) is 2.75. The number of hydrogen-bond acceptors (Lipinski definition) is 2. The first-order chi connectivity index (χ1) is 8.06. The maximum Gasteiger partial charge on any atom is 0.168 e. The van der Waals surface area contributed by atoms with Crippen LogP contribution in [0.1, 0.15) is 5.56 Å². The molecule has 1 aromatic carbocycles. The summed E-state index contributed by atoms with van der Waals surface area (Å²) in [5.74, 6) is 0. The van der Waals surface area contributed by atoms with Crippen LogP contribution in [0.4, 0.5) is 5.69 Å². The Labute approximate surface area is 109 Å². The topological polar surface area (TPSA) is 55.9 Å². The number of benzene rings is 1. The Kier molecular flexibility index (Phi) is 3.31. The molecule has 0 fully saturated rings. The standard InChI is InChI=1S/C11H11ClN4S/c1-7-5-14-16(6-7)10-3-2-8(4-9(10)12)15-11(13)17/h2-6H,1H3,(H3,13,15,17). The molecular formula is C11H11ClN4S. The highest BCUT2D eigenvalue weighted by Gasteiger charge is 2.05. The molecule has 0 radical (unpaired) electrons. The second-order valence-corrected chi connectivity index (χ2v) is 4.46. The highest BCUT2D eigenvalue weighted by atomic mass is 35.5. The highest BCUT2D eigenvalue weighted by Crippen LogP contribution is 2.24. The van der Waals surface area contributed by atoms with Crippen LogP contribution in [0.5, 0.6) is 0 Å². The van der Waals surface area contributed by atoms with E-state index in [1.54, 1.807) is 16.9 Å². The van der Waals surface area contributed by atoms with Crippen LogP contribution < -0.4 is 11.1 Å². The SMILES string of the molecule is Cc1cnn(-c2ccc(NC(N)=S)cc2Cl)c1. The minimum absolute atomic E-state index is 0.212. The maximum atomic E-state index is 6.17. The lowest BCUT2D eigenvalue weighted by molar-refractivity contribution is 0.880. The molecule has 0 unspecified atom stereocenters. The van der Waals surface area contributed by atoms with E-state index in [4.69, 9.17) is 29.6 Å². The van der Waals surface area contributed by atoms with E-state index < -0.39 is 0 Å². The van der Waals surface area contributed by atoms with Gasteiger partial charge in [-0.05, 0) is 42.9 Å². The van der Waals surface area contributed by atoms with Gasteiger partial charge in [0.25, 0.3) is 0 Å².